The van der Waals surface area contributed by atoms with Gasteiger partial charge >= 0.3 is 0 Å². The summed E-state index contributed by atoms with van der Waals surface area (Å²) in [6, 6.07) is 4.43. The molecule has 3 aromatic heterocycles. The van der Waals surface area contributed by atoms with Crippen LogP contribution in [0.25, 0.3) is 22.4 Å². The van der Waals surface area contributed by atoms with Crippen LogP contribution in [0.15, 0.2) is 47.5 Å². The summed E-state index contributed by atoms with van der Waals surface area (Å²) in [5.74, 6) is -0.800. The third-order valence-corrected chi connectivity index (χ3v) is 3.68. The van der Waals surface area contributed by atoms with Crippen LogP contribution < -0.4 is 5.73 Å². The van der Waals surface area contributed by atoms with E-state index in [1.807, 2.05) is 0 Å². The quantitative estimate of drug-likeness (QED) is 0.752. The topological polar surface area (TPSA) is 64.7 Å². The Labute approximate surface area is 133 Å². The molecule has 0 aromatic carbocycles. The van der Waals surface area contributed by atoms with E-state index in [0.29, 0.717) is 26.9 Å². The van der Waals surface area contributed by atoms with E-state index < -0.39 is 11.6 Å². The molecule has 0 fully saturated rings. The predicted molar refractivity (Wildman–Crippen MR) is 82.7 cm³/mol. The van der Waals surface area contributed by atoms with Gasteiger partial charge in [-0.2, -0.15) is 0 Å². The minimum atomic E-state index is -0.512. The number of nitrogens with two attached hydrogens (primary N) is 1. The van der Waals surface area contributed by atoms with Gasteiger partial charge in [-0.25, -0.2) is 13.8 Å². The van der Waals surface area contributed by atoms with Crippen LogP contribution in [0.5, 0.6) is 0 Å². The van der Waals surface area contributed by atoms with Gasteiger partial charge in [-0.05, 0) is 34.1 Å². The SMILES string of the molecule is Nc1nc(-c2cncc(F)c2)c(-c2ccncc2F)cc1Br. The maximum absolute atomic E-state index is 14.1. The fourth-order valence-electron chi connectivity index (χ4n) is 2.06. The summed E-state index contributed by atoms with van der Waals surface area (Å²) in [4.78, 5) is 11.8. The van der Waals surface area contributed by atoms with Gasteiger partial charge in [0.05, 0.1) is 22.6 Å². The van der Waals surface area contributed by atoms with Crippen LogP contribution in [0.4, 0.5) is 14.6 Å². The summed E-state index contributed by atoms with van der Waals surface area (Å²) >= 11 is 3.27. The van der Waals surface area contributed by atoms with Gasteiger partial charge in [0, 0.05) is 29.1 Å². The van der Waals surface area contributed by atoms with Crippen molar-refractivity contribution in [2.75, 3.05) is 5.73 Å². The number of aromatic nitrogens is 3. The van der Waals surface area contributed by atoms with Crippen molar-refractivity contribution in [1.82, 2.24) is 15.0 Å². The van der Waals surface area contributed by atoms with Gasteiger partial charge in [-0.15, -0.1) is 0 Å². The van der Waals surface area contributed by atoms with E-state index in [1.54, 1.807) is 6.07 Å². The Bertz CT molecular complexity index is 855. The molecule has 0 unspecified atom stereocenters. The lowest BCUT2D eigenvalue weighted by molar-refractivity contribution is 0.622. The third kappa shape index (κ3) is 2.67. The highest BCUT2D eigenvalue weighted by Gasteiger charge is 2.16. The second-order valence-corrected chi connectivity index (χ2v) is 5.35. The van der Waals surface area contributed by atoms with Crippen LogP contribution in [-0.2, 0) is 0 Å². The number of nitrogens with zero attached hydrogens (tertiary/aromatic N) is 3. The van der Waals surface area contributed by atoms with Crippen LogP contribution in [0, 0.1) is 11.6 Å². The molecule has 0 aliphatic heterocycles. The van der Waals surface area contributed by atoms with E-state index in [1.165, 1.54) is 24.5 Å². The van der Waals surface area contributed by atoms with Crippen molar-refractivity contribution < 1.29 is 8.78 Å². The van der Waals surface area contributed by atoms with Crippen molar-refractivity contribution in [3.05, 3.63) is 59.1 Å². The van der Waals surface area contributed by atoms with E-state index >= 15 is 0 Å². The van der Waals surface area contributed by atoms with Gasteiger partial charge in [-0.3, -0.25) is 9.97 Å². The molecule has 4 nitrogen and oxygen atoms in total. The number of pyridine rings is 3. The smallest absolute Gasteiger partial charge is 0.149 e. The Morgan fingerprint density at radius 2 is 1.82 bits per heavy atom. The summed E-state index contributed by atoms with van der Waals surface area (Å²) in [5, 5.41) is 0. The van der Waals surface area contributed by atoms with Crippen molar-refractivity contribution in [3.63, 3.8) is 0 Å². The third-order valence-electron chi connectivity index (χ3n) is 3.04. The van der Waals surface area contributed by atoms with Gasteiger partial charge in [0.2, 0.25) is 0 Å². The lowest BCUT2D eigenvalue weighted by Crippen LogP contribution is -1.99. The lowest BCUT2D eigenvalue weighted by Gasteiger charge is -2.12. The molecule has 3 aromatic rings. The highest BCUT2D eigenvalue weighted by Crippen LogP contribution is 2.35. The molecule has 2 N–H and O–H groups in total. The molecule has 0 atom stereocenters. The van der Waals surface area contributed by atoms with Crippen LogP contribution >= 0.6 is 15.9 Å². The maximum Gasteiger partial charge on any atom is 0.149 e. The fourth-order valence-corrected chi connectivity index (χ4v) is 2.38. The largest absolute Gasteiger partial charge is 0.383 e. The van der Waals surface area contributed by atoms with Crippen molar-refractivity contribution in [2.24, 2.45) is 0 Å². The summed E-state index contributed by atoms with van der Waals surface area (Å²) in [6.45, 7) is 0. The molecule has 3 rings (SSSR count). The first-order valence-electron chi connectivity index (χ1n) is 6.23. The number of hydrogen-bond acceptors (Lipinski definition) is 4. The average Bonchev–Trinajstić information content (AvgIpc) is 2.50. The Morgan fingerprint density at radius 3 is 2.55 bits per heavy atom. The monoisotopic (exact) mass is 362 g/mol. The highest BCUT2D eigenvalue weighted by atomic mass is 79.9. The molecule has 0 radical (unpaired) electrons. The molecule has 0 spiro atoms. The highest BCUT2D eigenvalue weighted by molar-refractivity contribution is 9.10. The zero-order valence-corrected chi connectivity index (χ0v) is 12.7. The van der Waals surface area contributed by atoms with Crippen molar-refractivity contribution in [3.8, 4) is 22.4 Å². The molecule has 7 heteroatoms. The number of nitrogen functional groups attached to an aromatic ring is 1. The van der Waals surface area contributed by atoms with E-state index in [-0.39, 0.29) is 5.82 Å². The van der Waals surface area contributed by atoms with Crippen molar-refractivity contribution in [1.29, 1.82) is 0 Å². The van der Waals surface area contributed by atoms with Gasteiger partial charge in [0.15, 0.2) is 0 Å². The summed E-state index contributed by atoms with van der Waals surface area (Å²) in [7, 11) is 0. The van der Waals surface area contributed by atoms with Crippen LogP contribution in [0.2, 0.25) is 0 Å². The molecule has 0 saturated heterocycles. The molecule has 0 aliphatic carbocycles. The number of anilines is 1. The molecule has 0 aliphatic rings. The lowest BCUT2D eigenvalue weighted by atomic mass is 10.0. The van der Waals surface area contributed by atoms with Gasteiger partial charge in [0.1, 0.15) is 17.5 Å². The zero-order chi connectivity index (χ0) is 15.7. The molecular formula is C15H9BrF2N4. The number of rotatable bonds is 2. The molecule has 110 valence electrons. The Balaban J connectivity index is 2.30. The second-order valence-electron chi connectivity index (χ2n) is 4.50. The summed E-state index contributed by atoms with van der Waals surface area (Å²) in [6.07, 6.45) is 5.10. The first-order valence-corrected chi connectivity index (χ1v) is 7.02. The normalized spacial score (nSPS) is 10.7. The van der Waals surface area contributed by atoms with Crippen LogP contribution in [-0.4, -0.2) is 15.0 Å². The summed E-state index contributed by atoms with van der Waals surface area (Å²) < 4.78 is 28.0. The fraction of sp³-hybridized carbons (Fsp3) is 0. The second kappa shape index (κ2) is 5.76. The van der Waals surface area contributed by atoms with Crippen LogP contribution in [0.1, 0.15) is 0 Å². The Hall–Kier alpha value is -2.41. The van der Waals surface area contributed by atoms with Crippen LogP contribution in [0.3, 0.4) is 0 Å². The first-order chi connectivity index (χ1) is 10.6. The Morgan fingerprint density at radius 1 is 1.00 bits per heavy atom. The van der Waals surface area contributed by atoms with E-state index in [9.17, 15) is 8.78 Å². The van der Waals surface area contributed by atoms with Gasteiger partial charge < -0.3 is 5.73 Å². The molecule has 0 bridgehead atoms. The molecule has 3 heterocycles. The van der Waals surface area contributed by atoms with Gasteiger partial charge in [-0.1, -0.05) is 0 Å². The Kier molecular flexibility index (Phi) is 3.81. The van der Waals surface area contributed by atoms with Gasteiger partial charge in [0.25, 0.3) is 0 Å². The molecule has 0 saturated carbocycles. The average molecular weight is 363 g/mol. The number of hydrogen-bond donors (Lipinski definition) is 1. The first kappa shape index (κ1) is 14.5. The predicted octanol–water partition coefficient (Wildman–Crippen LogP) is 3.83. The van der Waals surface area contributed by atoms with E-state index in [2.05, 4.69) is 30.9 Å². The van der Waals surface area contributed by atoms with Crippen molar-refractivity contribution in [2.45, 2.75) is 0 Å². The summed E-state index contributed by atoms with van der Waals surface area (Å²) in [5.41, 5.74) is 7.32. The maximum atomic E-state index is 14.1. The van der Waals surface area contributed by atoms with Crippen molar-refractivity contribution >= 4 is 21.7 Å². The standard InChI is InChI=1S/C15H9BrF2N4/c16-12-4-11(10-1-2-20-7-13(10)18)14(22-15(12)19)8-3-9(17)6-21-5-8/h1-7H,(H2,19,22). The zero-order valence-electron chi connectivity index (χ0n) is 11.1. The molecule has 22 heavy (non-hydrogen) atoms. The minimum absolute atomic E-state index is 0.220. The minimum Gasteiger partial charge on any atom is -0.383 e. The van der Waals surface area contributed by atoms with E-state index in [0.717, 1.165) is 12.4 Å². The number of halogens is 3. The molecular weight excluding hydrogens is 354 g/mol. The molecule has 0 amide bonds. The van der Waals surface area contributed by atoms with E-state index in [4.69, 9.17) is 5.73 Å².